The van der Waals surface area contributed by atoms with Crippen molar-refractivity contribution in [3.63, 3.8) is 0 Å². The fraction of sp³-hybridized carbons (Fsp3) is 0.130. The maximum Gasteiger partial charge on any atom is 0.252 e. The second-order valence-electron chi connectivity index (χ2n) is 6.62. The number of nitrogens with zero attached hydrogens (tertiary/aromatic N) is 2. The molecule has 0 unspecified atom stereocenters. The lowest BCUT2D eigenvalue weighted by Gasteiger charge is -2.09. The first-order valence-electron chi connectivity index (χ1n) is 9.36. The molecule has 0 atom stereocenters. The number of nitrogens with one attached hydrogen (secondary N) is 1. The van der Waals surface area contributed by atoms with E-state index in [1.807, 2.05) is 59.3 Å². The smallest absolute Gasteiger partial charge is 0.252 e. The van der Waals surface area contributed by atoms with Crippen molar-refractivity contribution in [3.8, 4) is 0 Å². The van der Waals surface area contributed by atoms with E-state index >= 15 is 0 Å². The molecule has 4 nitrogen and oxygen atoms in total. The van der Waals surface area contributed by atoms with E-state index in [1.165, 1.54) is 12.1 Å². The average molecular weight is 405 g/mol. The molecule has 0 saturated carbocycles. The number of amides is 1. The third kappa shape index (κ3) is 4.84. The fourth-order valence-corrected chi connectivity index (χ4v) is 3.99. The maximum absolute atomic E-state index is 13.0. The summed E-state index contributed by atoms with van der Waals surface area (Å²) in [7, 11) is 0. The lowest BCUT2D eigenvalue weighted by Crippen LogP contribution is -2.26. The van der Waals surface area contributed by atoms with Gasteiger partial charge < -0.3 is 9.72 Å². The van der Waals surface area contributed by atoms with Crippen LogP contribution in [-0.2, 0) is 12.2 Å². The van der Waals surface area contributed by atoms with Gasteiger partial charge in [-0.25, -0.2) is 9.37 Å². The van der Waals surface area contributed by atoms with E-state index in [2.05, 4.69) is 10.3 Å². The molecule has 0 aliphatic carbocycles. The minimum absolute atomic E-state index is 0.106. The molecule has 4 rings (SSSR count). The molecule has 2 heterocycles. The highest BCUT2D eigenvalue weighted by Crippen LogP contribution is 2.26. The predicted octanol–water partition coefficient (Wildman–Crippen LogP) is 4.74. The van der Waals surface area contributed by atoms with Crippen LogP contribution in [0.25, 0.3) is 5.65 Å². The van der Waals surface area contributed by atoms with Crippen LogP contribution in [-0.4, -0.2) is 21.8 Å². The number of imidazole rings is 1. The third-order valence-corrected chi connectivity index (χ3v) is 5.64. The first-order valence-corrected chi connectivity index (χ1v) is 10.3. The molecule has 0 bridgehead atoms. The van der Waals surface area contributed by atoms with Crippen molar-refractivity contribution >= 4 is 23.3 Å². The molecular formula is C23H20FN3OS. The largest absolute Gasteiger partial charge is 0.352 e. The van der Waals surface area contributed by atoms with Crippen molar-refractivity contribution in [1.29, 1.82) is 0 Å². The molecule has 6 heteroatoms. The zero-order valence-corrected chi connectivity index (χ0v) is 16.5. The molecule has 29 heavy (non-hydrogen) atoms. The zero-order valence-electron chi connectivity index (χ0n) is 15.7. The Labute approximate surface area is 172 Å². The van der Waals surface area contributed by atoms with Gasteiger partial charge in [0.2, 0.25) is 0 Å². The van der Waals surface area contributed by atoms with Crippen LogP contribution in [0.4, 0.5) is 4.39 Å². The van der Waals surface area contributed by atoms with Gasteiger partial charge in [-0.2, -0.15) is 0 Å². The van der Waals surface area contributed by atoms with Crippen molar-refractivity contribution in [2.45, 2.75) is 17.1 Å². The molecule has 0 aliphatic heterocycles. The fourth-order valence-electron chi connectivity index (χ4n) is 3.06. The molecule has 0 saturated heterocycles. The quantitative estimate of drug-likeness (QED) is 0.452. The molecule has 4 aromatic rings. The lowest BCUT2D eigenvalue weighted by molar-refractivity contribution is 0.0951. The summed E-state index contributed by atoms with van der Waals surface area (Å²) in [5.41, 5.74) is 3.52. The van der Waals surface area contributed by atoms with E-state index in [1.54, 1.807) is 23.9 Å². The third-order valence-electron chi connectivity index (χ3n) is 4.53. The van der Waals surface area contributed by atoms with Crippen molar-refractivity contribution < 1.29 is 9.18 Å². The Morgan fingerprint density at radius 2 is 1.83 bits per heavy atom. The van der Waals surface area contributed by atoms with Gasteiger partial charge in [0.1, 0.15) is 11.5 Å². The van der Waals surface area contributed by atoms with Crippen LogP contribution < -0.4 is 5.32 Å². The van der Waals surface area contributed by atoms with E-state index in [-0.39, 0.29) is 11.7 Å². The summed E-state index contributed by atoms with van der Waals surface area (Å²) in [6.45, 7) is 0.496. The second kappa shape index (κ2) is 8.92. The first-order chi connectivity index (χ1) is 14.2. The maximum atomic E-state index is 13.0. The molecule has 2 aromatic heterocycles. The van der Waals surface area contributed by atoms with Gasteiger partial charge >= 0.3 is 0 Å². The first kappa shape index (κ1) is 19.2. The van der Waals surface area contributed by atoms with Crippen LogP contribution in [0, 0.1) is 5.82 Å². The lowest BCUT2D eigenvalue weighted by atomic mass is 10.1. The van der Waals surface area contributed by atoms with Crippen molar-refractivity contribution in [3.05, 3.63) is 102 Å². The van der Waals surface area contributed by atoms with Crippen LogP contribution >= 0.6 is 11.8 Å². The Morgan fingerprint density at radius 1 is 1.03 bits per heavy atom. The molecule has 146 valence electrons. The Kier molecular flexibility index (Phi) is 5.91. The topological polar surface area (TPSA) is 46.4 Å². The Bertz CT molecular complexity index is 1090. The van der Waals surface area contributed by atoms with Gasteiger partial charge in [-0.05, 0) is 48.4 Å². The number of hydrogen-bond acceptors (Lipinski definition) is 3. The highest BCUT2D eigenvalue weighted by atomic mass is 32.2. The predicted molar refractivity (Wildman–Crippen MR) is 114 cm³/mol. The summed E-state index contributed by atoms with van der Waals surface area (Å²) in [6, 6.07) is 19.8. The number of pyridine rings is 1. The molecule has 2 aromatic carbocycles. The van der Waals surface area contributed by atoms with Crippen molar-refractivity contribution in [1.82, 2.24) is 14.7 Å². The van der Waals surface area contributed by atoms with Crippen LogP contribution in [0.2, 0.25) is 0 Å². The van der Waals surface area contributed by atoms with E-state index in [4.69, 9.17) is 0 Å². The zero-order chi connectivity index (χ0) is 20.1. The normalized spacial score (nSPS) is 10.9. The number of carbonyl (C=O) groups is 1. The number of halogens is 1. The Balaban J connectivity index is 1.37. The van der Waals surface area contributed by atoms with Gasteiger partial charge in [0.05, 0.1) is 11.3 Å². The van der Waals surface area contributed by atoms with Crippen LogP contribution in [0.1, 0.15) is 21.6 Å². The Hall–Kier alpha value is -3.12. The van der Waals surface area contributed by atoms with E-state index in [0.29, 0.717) is 24.3 Å². The van der Waals surface area contributed by atoms with Gasteiger partial charge in [0.25, 0.3) is 5.91 Å². The summed E-state index contributed by atoms with van der Waals surface area (Å²) >= 11 is 1.60. The van der Waals surface area contributed by atoms with E-state index < -0.39 is 0 Å². The van der Waals surface area contributed by atoms with Gasteiger partial charge in [-0.3, -0.25) is 4.79 Å². The number of aromatic nitrogens is 2. The van der Waals surface area contributed by atoms with E-state index in [0.717, 1.165) is 21.8 Å². The summed E-state index contributed by atoms with van der Waals surface area (Å²) in [5.74, 6) is 0.321. The van der Waals surface area contributed by atoms with Gasteiger partial charge in [-0.15, -0.1) is 11.8 Å². The van der Waals surface area contributed by atoms with Crippen molar-refractivity contribution in [2.75, 3.05) is 6.54 Å². The van der Waals surface area contributed by atoms with Gasteiger partial charge in [0.15, 0.2) is 0 Å². The number of benzene rings is 2. The summed E-state index contributed by atoms with van der Waals surface area (Å²) in [5, 5.41) is 2.96. The SMILES string of the molecule is O=C(NCCc1ccc(F)cc1)c1ccccc1SCc1cn2ccccc2n1. The summed E-state index contributed by atoms with van der Waals surface area (Å²) in [6.07, 6.45) is 4.63. The number of thioether (sulfide) groups is 1. The highest BCUT2D eigenvalue weighted by Gasteiger charge is 2.12. The Morgan fingerprint density at radius 3 is 2.66 bits per heavy atom. The van der Waals surface area contributed by atoms with Gasteiger partial charge in [0, 0.05) is 29.6 Å². The van der Waals surface area contributed by atoms with E-state index in [9.17, 15) is 9.18 Å². The minimum Gasteiger partial charge on any atom is -0.352 e. The van der Waals surface area contributed by atoms with Crippen LogP contribution in [0.3, 0.4) is 0 Å². The van der Waals surface area contributed by atoms with Gasteiger partial charge in [-0.1, -0.05) is 30.3 Å². The summed E-state index contributed by atoms with van der Waals surface area (Å²) in [4.78, 5) is 18.2. The summed E-state index contributed by atoms with van der Waals surface area (Å²) < 4.78 is 15.0. The molecule has 0 spiro atoms. The highest BCUT2D eigenvalue weighted by molar-refractivity contribution is 7.98. The molecule has 0 fully saturated rings. The van der Waals surface area contributed by atoms with Crippen LogP contribution in [0.15, 0.2) is 84.0 Å². The van der Waals surface area contributed by atoms with Crippen LogP contribution in [0.5, 0.6) is 0 Å². The molecule has 0 aliphatic rings. The minimum atomic E-state index is -0.255. The number of rotatable bonds is 7. The molecule has 1 amide bonds. The average Bonchev–Trinajstić information content (AvgIpc) is 3.17. The molecule has 0 radical (unpaired) electrons. The standard InChI is InChI=1S/C23H20FN3OS/c24-18-10-8-17(9-11-18)12-13-25-23(28)20-5-1-2-6-21(20)29-16-19-15-27-14-4-3-7-22(27)26-19/h1-11,14-15H,12-13,16H2,(H,25,28). The number of carbonyl (C=O) groups excluding carboxylic acids is 1. The second-order valence-corrected chi connectivity index (χ2v) is 7.63. The number of hydrogen-bond donors (Lipinski definition) is 1. The van der Waals surface area contributed by atoms with Crippen molar-refractivity contribution in [2.24, 2.45) is 0 Å². The molecular weight excluding hydrogens is 385 g/mol. The number of fused-ring (bicyclic) bond motifs is 1. The monoisotopic (exact) mass is 405 g/mol. The molecule has 1 N–H and O–H groups in total.